The molecule has 0 bridgehead atoms. The zero-order valence-corrected chi connectivity index (χ0v) is 23.7. The highest BCUT2D eigenvalue weighted by Crippen LogP contribution is 2.43. The summed E-state index contributed by atoms with van der Waals surface area (Å²) in [5.41, 5.74) is 12.1. The number of fused-ring (bicyclic) bond motifs is 1. The molecule has 2 aromatic rings. The van der Waals surface area contributed by atoms with Gasteiger partial charge in [0.15, 0.2) is 12.0 Å². The highest BCUT2D eigenvalue weighted by molar-refractivity contribution is 5.98. The molecule has 0 radical (unpaired) electrons. The molecule has 1 spiro atoms. The van der Waals surface area contributed by atoms with Gasteiger partial charge in [-0.3, -0.25) is 25.2 Å². The maximum Gasteiger partial charge on any atom is 0.343 e. The molecule has 4 atom stereocenters. The predicted molar refractivity (Wildman–Crippen MR) is 153 cm³/mol. The lowest BCUT2D eigenvalue weighted by atomic mass is 9.79. The minimum atomic E-state index is -2.62. The lowest BCUT2D eigenvalue weighted by molar-refractivity contribution is -0.521. The van der Waals surface area contributed by atoms with Gasteiger partial charge in [0.1, 0.15) is 17.8 Å². The van der Waals surface area contributed by atoms with Crippen LogP contribution in [0.15, 0.2) is 47.5 Å². The summed E-state index contributed by atoms with van der Waals surface area (Å²) < 4.78 is 5.90. The third-order valence-corrected chi connectivity index (χ3v) is 8.91. The first-order valence-corrected chi connectivity index (χ1v) is 14.0. The zero-order valence-electron chi connectivity index (χ0n) is 23.7. The van der Waals surface area contributed by atoms with E-state index in [0.29, 0.717) is 12.4 Å². The van der Waals surface area contributed by atoms with E-state index in [9.17, 15) is 25.1 Å². The summed E-state index contributed by atoms with van der Waals surface area (Å²) in [5.74, 6) is -3.19. The molecule has 43 heavy (non-hydrogen) atoms. The van der Waals surface area contributed by atoms with Crippen molar-refractivity contribution < 1.29 is 29.5 Å². The van der Waals surface area contributed by atoms with Gasteiger partial charge in [0.05, 0.1) is 35.9 Å². The van der Waals surface area contributed by atoms with E-state index in [1.807, 2.05) is 12.1 Å². The van der Waals surface area contributed by atoms with Crippen LogP contribution in [0.5, 0.6) is 5.75 Å². The Kier molecular flexibility index (Phi) is 6.48. The van der Waals surface area contributed by atoms with Gasteiger partial charge in [-0.2, -0.15) is 5.26 Å². The van der Waals surface area contributed by atoms with Crippen LogP contribution in [0.25, 0.3) is 0 Å². The molecule has 4 heterocycles. The second-order valence-electron chi connectivity index (χ2n) is 11.9. The number of nitriles is 1. The molecule has 4 aliphatic heterocycles. The van der Waals surface area contributed by atoms with Crippen LogP contribution in [-0.2, 0) is 5.41 Å². The number of hydrogen-bond donors (Lipinski definition) is 8. The summed E-state index contributed by atoms with van der Waals surface area (Å²) in [5, 5.41) is 41.4. The van der Waals surface area contributed by atoms with Gasteiger partial charge in [-0.15, -0.1) is 0 Å². The van der Waals surface area contributed by atoms with Gasteiger partial charge in [0.25, 0.3) is 17.5 Å². The standard InChI is InChI=1S/C29H33N9O5/c1-27(2)10-11-43-21-17(8-5-9-18(21)27)24(40)35-20-14-38-26(32)34-19(22-28(38,29(20,41)42)37-25(31)36-22)13-33-23(39)16-7-4-3-6-15(16)12-30/h3-9,19-20,22,41-42H,10-11,13-14H2,1-2H3,(H2,32,34)(H,33,39)(H,35,40)(H3,31,36,37)/p+1/t19-,20?,22-,28?/m0/s1. The molecule has 0 saturated carbocycles. The van der Waals surface area contributed by atoms with Crippen LogP contribution in [0.3, 0.4) is 0 Å². The number of benzene rings is 2. The molecule has 224 valence electrons. The van der Waals surface area contributed by atoms with Crippen molar-refractivity contribution >= 4 is 23.7 Å². The molecule has 1 fully saturated rings. The SMILES string of the molecule is CC1(C)CCOc2c(C(=O)NC3CN4C(N)=N[C@@H](CNC(=O)c5ccccc5C#N)[C@@H]5[NH+]=C(N)NC54C3(O)O)cccc21. The number of hydrogen-bond acceptors (Lipinski definition) is 11. The van der Waals surface area contributed by atoms with Gasteiger partial charge >= 0.3 is 5.96 Å². The van der Waals surface area contributed by atoms with Crippen LogP contribution in [0.4, 0.5) is 0 Å². The van der Waals surface area contributed by atoms with Gasteiger partial charge in [0, 0.05) is 12.1 Å². The maximum atomic E-state index is 13.6. The number of para-hydroxylation sites is 1. The molecule has 0 aliphatic carbocycles. The molecular formula is C29H34N9O5+. The number of amides is 2. The van der Waals surface area contributed by atoms with Gasteiger partial charge in [-0.1, -0.05) is 38.1 Å². The topological polar surface area (TPSA) is 225 Å². The van der Waals surface area contributed by atoms with Crippen molar-refractivity contribution in [1.29, 1.82) is 5.26 Å². The first-order valence-electron chi connectivity index (χ1n) is 14.0. The zero-order chi connectivity index (χ0) is 30.7. The average molecular weight is 589 g/mol. The molecule has 14 heteroatoms. The molecule has 6 rings (SSSR count). The van der Waals surface area contributed by atoms with E-state index in [1.165, 1.54) is 17.0 Å². The summed E-state index contributed by atoms with van der Waals surface area (Å²) in [6.45, 7) is 4.44. The molecule has 14 nitrogen and oxygen atoms in total. The van der Waals surface area contributed by atoms with E-state index in [1.54, 1.807) is 24.3 Å². The number of carbonyl (C=O) groups is 2. The average Bonchev–Trinajstić information content (AvgIpc) is 3.44. The second kappa shape index (κ2) is 9.85. The van der Waals surface area contributed by atoms with Crippen LogP contribution in [0.1, 0.15) is 52.1 Å². The number of guanidine groups is 2. The van der Waals surface area contributed by atoms with Gasteiger partial charge in [0.2, 0.25) is 5.79 Å². The van der Waals surface area contributed by atoms with Crippen LogP contribution < -0.4 is 37.1 Å². The Morgan fingerprint density at radius 1 is 1.19 bits per heavy atom. The Labute approximate surface area is 247 Å². The van der Waals surface area contributed by atoms with Crippen LogP contribution in [0, 0.1) is 11.3 Å². The maximum absolute atomic E-state index is 13.6. The lowest BCUT2D eigenvalue weighted by Crippen LogP contribution is -2.90. The van der Waals surface area contributed by atoms with E-state index < -0.39 is 41.4 Å². The van der Waals surface area contributed by atoms with Crippen molar-refractivity contribution in [3.05, 3.63) is 64.7 Å². The Morgan fingerprint density at radius 3 is 2.70 bits per heavy atom. The fraction of sp³-hybridized carbons (Fsp3) is 0.414. The monoisotopic (exact) mass is 588 g/mol. The van der Waals surface area contributed by atoms with E-state index in [0.717, 1.165) is 12.0 Å². The molecule has 2 amide bonds. The van der Waals surface area contributed by atoms with E-state index in [4.69, 9.17) is 16.2 Å². The summed E-state index contributed by atoms with van der Waals surface area (Å²) in [6, 6.07) is 10.8. The van der Waals surface area contributed by atoms with Crippen molar-refractivity contribution in [2.75, 3.05) is 19.7 Å². The van der Waals surface area contributed by atoms with Crippen molar-refractivity contribution in [2.24, 2.45) is 16.5 Å². The smallest absolute Gasteiger partial charge is 0.343 e. The number of nitrogens with two attached hydrogens (primary N) is 2. The van der Waals surface area contributed by atoms with Crippen LogP contribution in [-0.4, -0.2) is 88.1 Å². The minimum Gasteiger partial charge on any atom is -0.492 e. The molecule has 0 aromatic heterocycles. The largest absolute Gasteiger partial charge is 0.492 e. The van der Waals surface area contributed by atoms with Gasteiger partial charge in [-0.05, 0) is 30.0 Å². The van der Waals surface area contributed by atoms with Crippen molar-refractivity contribution in [1.82, 2.24) is 20.9 Å². The second-order valence-corrected chi connectivity index (χ2v) is 11.9. The van der Waals surface area contributed by atoms with E-state index in [2.05, 4.69) is 39.8 Å². The van der Waals surface area contributed by atoms with Gasteiger partial charge in [-0.25, -0.2) is 10.3 Å². The molecule has 4 aliphatic rings. The fourth-order valence-electron chi connectivity index (χ4n) is 6.59. The third-order valence-electron chi connectivity index (χ3n) is 8.91. The predicted octanol–water partition coefficient (Wildman–Crippen LogP) is -3.10. The third kappa shape index (κ3) is 4.23. The Hall–Kier alpha value is -4.87. The number of nitrogens with one attached hydrogen (secondary N) is 4. The number of aliphatic hydroxyl groups is 2. The minimum absolute atomic E-state index is 0.0386. The summed E-state index contributed by atoms with van der Waals surface area (Å²) in [4.78, 5) is 35.5. The number of ether oxygens (including phenoxy) is 1. The molecule has 2 unspecified atom stereocenters. The summed E-state index contributed by atoms with van der Waals surface area (Å²) in [6.07, 6.45) is 0.796. The van der Waals surface area contributed by atoms with Gasteiger partial charge < -0.3 is 31.3 Å². The molecule has 2 aromatic carbocycles. The Morgan fingerprint density at radius 2 is 1.93 bits per heavy atom. The Balaban J connectivity index is 1.27. The van der Waals surface area contributed by atoms with E-state index in [-0.39, 0.29) is 47.1 Å². The highest BCUT2D eigenvalue weighted by Gasteiger charge is 2.76. The number of nitrogens with zero attached hydrogens (tertiary/aromatic N) is 3. The molecule has 1 saturated heterocycles. The lowest BCUT2D eigenvalue weighted by Gasteiger charge is -2.46. The number of carbonyl (C=O) groups excluding carboxylic acids is 2. The first-order chi connectivity index (χ1) is 20.4. The van der Waals surface area contributed by atoms with Crippen molar-refractivity contribution in [3.63, 3.8) is 0 Å². The summed E-state index contributed by atoms with van der Waals surface area (Å²) >= 11 is 0. The van der Waals surface area contributed by atoms with Crippen molar-refractivity contribution in [2.45, 2.75) is 55.3 Å². The highest BCUT2D eigenvalue weighted by atomic mass is 16.5. The number of aliphatic imine (C=N–C) groups is 1. The van der Waals surface area contributed by atoms with Crippen LogP contribution >= 0.6 is 0 Å². The van der Waals surface area contributed by atoms with Crippen molar-refractivity contribution in [3.8, 4) is 11.8 Å². The van der Waals surface area contributed by atoms with E-state index >= 15 is 0 Å². The fourth-order valence-corrected chi connectivity index (χ4v) is 6.59. The van der Waals surface area contributed by atoms with Crippen LogP contribution in [0.2, 0.25) is 0 Å². The Bertz CT molecular complexity index is 1610. The summed E-state index contributed by atoms with van der Waals surface area (Å²) in [7, 11) is 0. The normalized spacial score (nSPS) is 27.6. The molecule has 10 N–H and O–H groups in total. The molecular weight excluding hydrogens is 554 g/mol. The first kappa shape index (κ1) is 28.3. The number of rotatable bonds is 5. The quantitative estimate of drug-likeness (QED) is 0.164.